The van der Waals surface area contributed by atoms with Crippen molar-refractivity contribution in [3.63, 3.8) is 0 Å². The topological polar surface area (TPSA) is 142 Å². The lowest BCUT2D eigenvalue weighted by Crippen LogP contribution is -2.07. The average Bonchev–Trinajstić information content (AvgIpc) is 2.70. The zero-order chi connectivity index (χ0) is 22.3. The van der Waals surface area contributed by atoms with Gasteiger partial charge in [0.15, 0.2) is 0 Å². The van der Waals surface area contributed by atoms with E-state index in [1.165, 1.54) is 20.1 Å². The zero-order valence-corrected chi connectivity index (χ0v) is 17.7. The summed E-state index contributed by atoms with van der Waals surface area (Å²) in [5.74, 6) is 0.128. The van der Waals surface area contributed by atoms with E-state index in [-0.39, 0.29) is 33.0 Å². The molecule has 2 aromatic carbocycles. The third-order valence-electron chi connectivity index (χ3n) is 3.70. The van der Waals surface area contributed by atoms with Crippen molar-refractivity contribution in [2.24, 2.45) is 10.2 Å². The summed E-state index contributed by atoms with van der Waals surface area (Å²) in [6, 6.07) is 7.40. The van der Waals surface area contributed by atoms with E-state index >= 15 is 0 Å². The molecule has 0 aromatic heterocycles. The first-order valence-electron chi connectivity index (χ1n) is 8.44. The van der Waals surface area contributed by atoms with Crippen molar-refractivity contribution in [2.75, 3.05) is 24.3 Å². The van der Waals surface area contributed by atoms with Gasteiger partial charge in [0.25, 0.3) is 5.69 Å². The number of benzene rings is 2. The number of azo groups is 1. The van der Waals surface area contributed by atoms with Gasteiger partial charge in [-0.3, -0.25) is 14.9 Å². The molecule has 0 spiro atoms. The molecule has 2 rings (SSSR count). The minimum atomic E-state index is -0.610. The maximum atomic E-state index is 11.6. The van der Waals surface area contributed by atoms with Gasteiger partial charge < -0.3 is 15.4 Å². The van der Waals surface area contributed by atoms with E-state index in [0.717, 1.165) is 6.07 Å². The number of halogens is 1. The molecule has 0 aliphatic rings. The van der Waals surface area contributed by atoms with Gasteiger partial charge in [0.1, 0.15) is 23.2 Å². The fraction of sp³-hybridized carbons (Fsp3) is 0.158. The maximum Gasteiger partial charge on any atom is 0.272 e. The summed E-state index contributed by atoms with van der Waals surface area (Å²) in [5.41, 5.74) is 1.06. The van der Waals surface area contributed by atoms with E-state index in [4.69, 9.17) is 4.74 Å². The van der Waals surface area contributed by atoms with Crippen LogP contribution in [0.3, 0.4) is 0 Å². The monoisotopic (exact) mass is 472 g/mol. The third-order valence-corrected chi connectivity index (χ3v) is 4.31. The lowest BCUT2D eigenvalue weighted by atomic mass is 10.2. The molecule has 0 radical (unpaired) electrons. The molecule has 154 valence electrons. The molecule has 0 atom stereocenters. The van der Waals surface area contributed by atoms with E-state index in [1.807, 2.05) is 6.07 Å². The van der Waals surface area contributed by atoms with Crippen molar-refractivity contribution in [2.45, 2.75) is 6.92 Å². The third kappa shape index (κ3) is 5.39. The van der Waals surface area contributed by atoms with Crippen LogP contribution in [0, 0.1) is 21.4 Å². The van der Waals surface area contributed by atoms with Gasteiger partial charge in [-0.25, -0.2) is 0 Å². The number of carbonyl (C=O) groups excluding carboxylic acids is 1. The minimum absolute atomic E-state index is 0.0304. The summed E-state index contributed by atoms with van der Waals surface area (Å²) >= 11 is 3.18. The number of nitriles is 1. The smallest absolute Gasteiger partial charge is 0.272 e. The highest BCUT2D eigenvalue weighted by atomic mass is 79.9. The first-order valence-corrected chi connectivity index (χ1v) is 9.24. The molecular formula is C19H17BrN6O4. The molecule has 10 nitrogen and oxygen atoms in total. The summed E-state index contributed by atoms with van der Waals surface area (Å²) in [6.07, 6.45) is 1.67. The van der Waals surface area contributed by atoms with Crippen molar-refractivity contribution in [3.05, 3.63) is 57.1 Å². The van der Waals surface area contributed by atoms with Crippen LogP contribution in [-0.4, -0.2) is 24.5 Å². The van der Waals surface area contributed by atoms with Crippen LogP contribution in [0.15, 0.2) is 51.6 Å². The van der Waals surface area contributed by atoms with Crippen LogP contribution in [0.1, 0.15) is 12.5 Å². The van der Waals surface area contributed by atoms with E-state index in [1.54, 1.807) is 18.2 Å². The Morgan fingerprint density at radius 1 is 1.37 bits per heavy atom. The number of nitro benzene ring substituents is 1. The summed E-state index contributed by atoms with van der Waals surface area (Å²) in [4.78, 5) is 22.0. The number of ether oxygens (including phenoxy) is 1. The Kier molecular flexibility index (Phi) is 7.60. The van der Waals surface area contributed by atoms with Gasteiger partial charge in [0.05, 0.1) is 33.4 Å². The Bertz CT molecular complexity index is 1080. The van der Waals surface area contributed by atoms with E-state index in [9.17, 15) is 20.2 Å². The van der Waals surface area contributed by atoms with Crippen LogP contribution in [-0.2, 0) is 4.79 Å². The second-order valence-electron chi connectivity index (χ2n) is 5.81. The summed E-state index contributed by atoms with van der Waals surface area (Å²) in [5, 5.41) is 34.3. The molecule has 0 aliphatic heterocycles. The highest BCUT2D eigenvalue weighted by molar-refractivity contribution is 9.10. The summed E-state index contributed by atoms with van der Waals surface area (Å²) in [7, 11) is 1.48. The number of hydrogen-bond acceptors (Lipinski definition) is 8. The fourth-order valence-corrected chi connectivity index (χ4v) is 2.94. The fourth-order valence-electron chi connectivity index (χ4n) is 2.41. The average molecular weight is 473 g/mol. The molecule has 30 heavy (non-hydrogen) atoms. The summed E-state index contributed by atoms with van der Waals surface area (Å²) < 4.78 is 5.59. The highest BCUT2D eigenvalue weighted by Gasteiger charge is 2.16. The number of nitrogens with zero attached hydrogens (tertiary/aromatic N) is 4. The number of nitro groups is 1. The highest BCUT2D eigenvalue weighted by Crippen LogP contribution is 2.39. The molecule has 1 amide bonds. The van der Waals surface area contributed by atoms with E-state index < -0.39 is 4.92 Å². The van der Waals surface area contributed by atoms with Crippen molar-refractivity contribution >= 4 is 50.3 Å². The molecule has 0 fully saturated rings. The second kappa shape index (κ2) is 10.1. The predicted molar refractivity (Wildman–Crippen MR) is 116 cm³/mol. The Morgan fingerprint density at radius 2 is 2.10 bits per heavy atom. The Morgan fingerprint density at radius 3 is 2.67 bits per heavy atom. The van der Waals surface area contributed by atoms with Crippen LogP contribution in [0.5, 0.6) is 5.75 Å². The van der Waals surface area contributed by atoms with Gasteiger partial charge >= 0.3 is 0 Å². The molecule has 11 heteroatoms. The number of hydrogen-bond donors (Lipinski definition) is 2. The second-order valence-corrected chi connectivity index (χ2v) is 6.67. The van der Waals surface area contributed by atoms with Crippen LogP contribution in [0.25, 0.3) is 0 Å². The number of anilines is 2. The van der Waals surface area contributed by atoms with Crippen LogP contribution >= 0.6 is 15.9 Å². The lowest BCUT2D eigenvalue weighted by molar-refractivity contribution is -0.384. The molecule has 0 heterocycles. The van der Waals surface area contributed by atoms with Crippen LogP contribution < -0.4 is 15.4 Å². The number of non-ortho nitro benzene ring substituents is 1. The number of methoxy groups -OCH3 is 1. The predicted octanol–water partition coefficient (Wildman–Crippen LogP) is 5.21. The van der Waals surface area contributed by atoms with Crippen molar-refractivity contribution in [3.8, 4) is 11.8 Å². The lowest BCUT2D eigenvalue weighted by Gasteiger charge is -2.14. The molecular weight excluding hydrogens is 456 g/mol. The van der Waals surface area contributed by atoms with Crippen LogP contribution in [0.2, 0.25) is 0 Å². The summed E-state index contributed by atoms with van der Waals surface area (Å²) in [6.45, 7) is 5.46. The Labute approximate surface area is 180 Å². The van der Waals surface area contributed by atoms with Gasteiger partial charge in [-0.05, 0) is 22.0 Å². The van der Waals surface area contributed by atoms with E-state index in [2.05, 4.69) is 43.4 Å². The number of nitrogens with one attached hydrogen (secondary N) is 2. The molecule has 0 saturated heterocycles. The van der Waals surface area contributed by atoms with Crippen LogP contribution in [0.4, 0.5) is 28.4 Å². The number of amides is 1. The largest absolute Gasteiger partial charge is 0.495 e. The normalized spacial score (nSPS) is 10.3. The molecule has 0 aliphatic carbocycles. The van der Waals surface area contributed by atoms with Gasteiger partial charge in [-0.15, -0.1) is 16.8 Å². The maximum absolute atomic E-state index is 11.6. The van der Waals surface area contributed by atoms with Gasteiger partial charge in [-0.1, -0.05) is 6.08 Å². The first-order chi connectivity index (χ1) is 14.3. The van der Waals surface area contributed by atoms with Gasteiger partial charge in [-0.2, -0.15) is 5.26 Å². The standard InChI is InChI=1S/C19H17BrN6O4/c1-4-5-22-17-8-15(23-11(2)27)16(9-18(17)30-3)24-25-19-12(10-21)6-13(26(28)29)7-14(19)20/h4,6-9,22H,1,5H2,2-3H3,(H,23,27). The van der Waals surface area contributed by atoms with Gasteiger partial charge in [0.2, 0.25) is 5.91 Å². The van der Waals surface area contributed by atoms with Crippen molar-refractivity contribution in [1.82, 2.24) is 0 Å². The minimum Gasteiger partial charge on any atom is -0.495 e. The van der Waals surface area contributed by atoms with Crippen molar-refractivity contribution in [1.29, 1.82) is 5.26 Å². The molecule has 0 unspecified atom stereocenters. The molecule has 0 bridgehead atoms. The van der Waals surface area contributed by atoms with E-state index in [0.29, 0.717) is 23.7 Å². The first kappa shape index (κ1) is 22.5. The molecule has 2 N–H and O–H groups in total. The molecule has 0 saturated carbocycles. The Balaban J connectivity index is 2.57. The number of carbonyl (C=O) groups is 1. The zero-order valence-electron chi connectivity index (χ0n) is 16.1. The molecule has 2 aromatic rings. The SMILES string of the molecule is C=CCNc1cc(NC(C)=O)c(N=Nc2c(Br)cc([N+](=O)[O-])cc2C#N)cc1OC. The Hall–Kier alpha value is -3.78. The number of rotatable bonds is 8. The van der Waals surface area contributed by atoms with Crippen molar-refractivity contribution < 1.29 is 14.5 Å². The van der Waals surface area contributed by atoms with Gasteiger partial charge in [0, 0.05) is 31.7 Å². The quantitative estimate of drug-likeness (QED) is 0.233.